The van der Waals surface area contributed by atoms with Gasteiger partial charge >= 0.3 is 0 Å². The Labute approximate surface area is 195 Å². The number of benzene rings is 2. The molecule has 2 aromatic carbocycles. The van der Waals surface area contributed by atoms with Gasteiger partial charge in [-0.15, -0.1) is 6.42 Å². The second kappa shape index (κ2) is 10.7. The van der Waals surface area contributed by atoms with Crippen LogP contribution in [0, 0.1) is 26.2 Å². The number of ether oxygens (including phenoxy) is 2. The molecule has 0 unspecified atom stereocenters. The third-order valence-electron chi connectivity index (χ3n) is 5.74. The van der Waals surface area contributed by atoms with Crippen LogP contribution in [-0.2, 0) is 11.3 Å². The minimum Gasteiger partial charge on any atom is -0.439 e. The first-order valence-electron chi connectivity index (χ1n) is 11.4. The topological polar surface area (TPSA) is 59.8 Å². The Morgan fingerprint density at radius 3 is 2.55 bits per heavy atom. The average molecular weight is 446 g/mol. The third-order valence-corrected chi connectivity index (χ3v) is 5.74. The summed E-state index contributed by atoms with van der Waals surface area (Å²) in [6.07, 6.45) is 6.88. The van der Waals surface area contributed by atoms with Crippen LogP contribution in [0.2, 0.25) is 0 Å². The van der Waals surface area contributed by atoms with Crippen molar-refractivity contribution in [1.29, 1.82) is 0 Å². The number of aliphatic hydroxyl groups is 1. The highest BCUT2D eigenvalue weighted by Crippen LogP contribution is 2.35. The molecule has 1 heterocycles. The lowest BCUT2D eigenvalue weighted by Crippen LogP contribution is -2.36. The van der Waals surface area contributed by atoms with Crippen LogP contribution in [0.3, 0.4) is 0 Å². The molecule has 1 atom stereocenters. The number of aliphatic hydroxyl groups excluding tert-OH is 1. The van der Waals surface area contributed by atoms with Gasteiger partial charge in [0.15, 0.2) is 0 Å². The fourth-order valence-corrected chi connectivity index (χ4v) is 3.85. The van der Waals surface area contributed by atoms with Gasteiger partial charge in [0.1, 0.15) is 12.4 Å². The van der Waals surface area contributed by atoms with Crippen LogP contribution in [0.4, 0.5) is 0 Å². The molecule has 6 nitrogen and oxygen atoms in total. The summed E-state index contributed by atoms with van der Waals surface area (Å²) in [5, 5.41) is 15.3. The molecule has 0 saturated heterocycles. The zero-order chi connectivity index (χ0) is 23.2. The minimum absolute atomic E-state index is 0.206. The van der Waals surface area contributed by atoms with E-state index in [1.807, 2.05) is 66.2 Å². The largest absolute Gasteiger partial charge is 0.439 e. The molecular formula is C27H31N3O3. The molecule has 1 aliphatic carbocycles. The number of aromatic nitrogens is 2. The number of terminal acetylenes is 1. The molecule has 0 amide bonds. The first-order valence-corrected chi connectivity index (χ1v) is 11.4. The zero-order valence-electron chi connectivity index (χ0n) is 19.3. The summed E-state index contributed by atoms with van der Waals surface area (Å²) in [6, 6.07) is 18.5. The van der Waals surface area contributed by atoms with E-state index in [-0.39, 0.29) is 13.2 Å². The fourth-order valence-electron chi connectivity index (χ4n) is 3.85. The van der Waals surface area contributed by atoms with Gasteiger partial charge in [-0.05, 0) is 51.0 Å². The van der Waals surface area contributed by atoms with Crippen molar-refractivity contribution in [2.45, 2.75) is 45.4 Å². The van der Waals surface area contributed by atoms with Crippen molar-refractivity contribution in [3.05, 3.63) is 71.4 Å². The first kappa shape index (κ1) is 23.1. The summed E-state index contributed by atoms with van der Waals surface area (Å²) in [5.41, 5.74) is 4.04. The maximum atomic E-state index is 10.5. The van der Waals surface area contributed by atoms with E-state index in [4.69, 9.17) is 21.0 Å². The maximum absolute atomic E-state index is 10.5. The molecule has 1 saturated carbocycles. The maximum Gasteiger partial charge on any atom is 0.227 e. The highest BCUT2D eigenvalue weighted by atomic mass is 16.5. The average Bonchev–Trinajstić information content (AvgIpc) is 3.62. The standard InChI is InChI=1S/C27H31N3O3/c1-4-16-32-19-24(31)17-29(22-12-13-22)18-26-21(3)28-30(23-8-6-5-7-9-23)27(26)33-25-14-10-20(2)11-15-25/h1,5-11,14-15,22,24,31H,12-13,16-19H2,2-3H3/t24-/m1/s1. The predicted molar refractivity (Wildman–Crippen MR) is 129 cm³/mol. The number of para-hydroxylation sites is 1. The second-order valence-electron chi connectivity index (χ2n) is 8.57. The Bertz CT molecular complexity index is 1080. The van der Waals surface area contributed by atoms with Gasteiger partial charge in [0.25, 0.3) is 0 Å². The van der Waals surface area contributed by atoms with E-state index in [2.05, 4.69) is 17.7 Å². The lowest BCUT2D eigenvalue weighted by atomic mass is 10.2. The van der Waals surface area contributed by atoms with E-state index in [1.165, 1.54) is 5.56 Å². The summed E-state index contributed by atoms with van der Waals surface area (Å²) < 4.78 is 13.6. The van der Waals surface area contributed by atoms with Gasteiger partial charge in [-0.2, -0.15) is 5.10 Å². The van der Waals surface area contributed by atoms with Gasteiger partial charge in [0, 0.05) is 19.1 Å². The van der Waals surface area contributed by atoms with Crippen LogP contribution >= 0.6 is 0 Å². The van der Waals surface area contributed by atoms with Gasteiger partial charge in [-0.25, -0.2) is 4.68 Å². The smallest absolute Gasteiger partial charge is 0.227 e. The SMILES string of the molecule is C#CCOC[C@H](O)CN(Cc1c(C)nn(-c2ccccc2)c1Oc1ccc(C)cc1)C1CC1. The Morgan fingerprint density at radius 1 is 1.15 bits per heavy atom. The van der Waals surface area contributed by atoms with Crippen LogP contribution in [0.15, 0.2) is 54.6 Å². The van der Waals surface area contributed by atoms with Gasteiger partial charge in [-0.1, -0.05) is 41.8 Å². The summed E-state index contributed by atoms with van der Waals surface area (Å²) in [5.74, 6) is 3.90. The van der Waals surface area contributed by atoms with E-state index in [0.717, 1.165) is 35.5 Å². The number of hydrogen-bond donors (Lipinski definition) is 1. The van der Waals surface area contributed by atoms with E-state index in [1.54, 1.807) is 0 Å². The molecule has 0 bridgehead atoms. The Hall–Kier alpha value is -3.11. The molecule has 6 heteroatoms. The van der Waals surface area contributed by atoms with E-state index < -0.39 is 6.10 Å². The molecular weight excluding hydrogens is 414 g/mol. The van der Waals surface area contributed by atoms with Crippen molar-refractivity contribution >= 4 is 0 Å². The van der Waals surface area contributed by atoms with Crippen molar-refractivity contribution in [2.75, 3.05) is 19.8 Å². The minimum atomic E-state index is -0.607. The molecule has 1 fully saturated rings. The summed E-state index contributed by atoms with van der Waals surface area (Å²) in [7, 11) is 0. The molecule has 1 N–H and O–H groups in total. The van der Waals surface area contributed by atoms with Crippen molar-refractivity contribution in [1.82, 2.24) is 14.7 Å². The van der Waals surface area contributed by atoms with E-state index in [0.29, 0.717) is 25.0 Å². The molecule has 1 aliphatic rings. The van der Waals surface area contributed by atoms with Crippen molar-refractivity contribution in [3.63, 3.8) is 0 Å². The van der Waals surface area contributed by atoms with Crippen LogP contribution < -0.4 is 4.74 Å². The zero-order valence-corrected chi connectivity index (χ0v) is 19.3. The molecule has 4 rings (SSSR count). The van der Waals surface area contributed by atoms with Crippen molar-refractivity contribution in [3.8, 4) is 29.7 Å². The Kier molecular flexibility index (Phi) is 7.46. The summed E-state index contributed by atoms with van der Waals surface area (Å²) in [4.78, 5) is 2.30. The highest BCUT2D eigenvalue weighted by Gasteiger charge is 2.32. The summed E-state index contributed by atoms with van der Waals surface area (Å²) >= 11 is 0. The Morgan fingerprint density at radius 2 is 1.88 bits per heavy atom. The van der Waals surface area contributed by atoms with Crippen LogP contribution in [0.25, 0.3) is 5.69 Å². The fraction of sp³-hybridized carbons (Fsp3) is 0.370. The molecule has 3 aromatic rings. The van der Waals surface area contributed by atoms with Gasteiger partial charge in [0.05, 0.1) is 29.7 Å². The third kappa shape index (κ3) is 6.02. The van der Waals surface area contributed by atoms with Gasteiger partial charge in [-0.3, -0.25) is 4.90 Å². The molecule has 0 aliphatic heterocycles. The lowest BCUT2D eigenvalue weighted by molar-refractivity contribution is 0.0241. The van der Waals surface area contributed by atoms with Crippen LogP contribution in [0.5, 0.6) is 11.6 Å². The monoisotopic (exact) mass is 445 g/mol. The quantitative estimate of drug-likeness (QED) is 0.353. The number of rotatable bonds is 11. The predicted octanol–water partition coefficient (Wildman–Crippen LogP) is 4.26. The number of hydrogen-bond acceptors (Lipinski definition) is 5. The normalized spacial score (nSPS) is 14.3. The molecule has 0 spiro atoms. The summed E-state index contributed by atoms with van der Waals surface area (Å²) in [6.45, 7) is 5.64. The van der Waals surface area contributed by atoms with Crippen LogP contribution in [0.1, 0.15) is 29.7 Å². The molecule has 0 radical (unpaired) electrons. The van der Waals surface area contributed by atoms with Gasteiger partial charge in [0.2, 0.25) is 5.88 Å². The van der Waals surface area contributed by atoms with E-state index in [9.17, 15) is 5.11 Å². The number of nitrogens with zero attached hydrogens (tertiary/aromatic N) is 3. The molecule has 172 valence electrons. The number of aryl methyl sites for hydroxylation is 2. The lowest BCUT2D eigenvalue weighted by Gasteiger charge is -2.25. The first-order chi connectivity index (χ1) is 16.0. The van der Waals surface area contributed by atoms with Gasteiger partial charge < -0.3 is 14.6 Å². The highest BCUT2D eigenvalue weighted by molar-refractivity contribution is 5.43. The van der Waals surface area contributed by atoms with E-state index >= 15 is 0 Å². The van der Waals surface area contributed by atoms with Crippen molar-refractivity contribution < 1.29 is 14.6 Å². The molecule has 33 heavy (non-hydrogen) atoms. The van der Waals surface area contributed by atoms with Crippen molar-refractivity contribution in [2.24, 2.45) is 0 Å². The second-order valence-corrected chi connectivity index (χ2v) is 8.57. The Balaban J connectivity index is 1.62. The van der Waals surface area contributed by atoms with Crippen LogP contribution in [-0.4, -0.2) is 51.7 Å². The molecule has 1 aromatic heterocycles.